The van der Waals surface area contributed by atoms with Crippen molar-refractivity contribution in [2.24, 2.45) is 5.92 Å². The summed E-state index contributed by atoms with van der Waals surface area (Å²) in [7, 11) is 0. The first-order valence-corrected chi connectivity index (χ1v) is 11.5. The molecule has 0 bridgehead atoms. The van der Waals surface area contributed by atoms with Gasteiger partial charge in [0.25, 0.3) is 6.43 Å². The van der Waals surface area contributed by atoms with Gasteiger partial charge in [0.2, 0.25) is 0 Å². The van der Waals surface area contributed by atoms with Gasteiger partial charge in [0.05, 0.1) is 12.2 Å². The van der Waals surface area contributed by atoms with Gasteiger partial charge in [-0.05, 0) is 67.7 Å². The van der Waals surface area contributed by atoms with Gasteiger partial charge >= 0.3 is 0 Å². The topological polar surface area (TPSA) is 46.5 Å². The van der Waals surface area contributed by atoms with Crippen molar-refractivity contribution in [3.8, 4) is 11.5 Å². The third-order valence-corrected chi connectivity index (χ3v) is 6.52. The highest BCUT2D eigenvalue weighted by Crippen LogP contribution is 2.41. The monoisotopic (exact) mass is 466 g/mol. The normalized spacial score (nSPS) is 18.5. The fourth-order valence-corrected chi connectivity index (χ4v) is 4.80. The van der Waals surface area contributed by atoms with Crippen LogP contribution in [0, 0.1) is 17.6 Å². The van der Waals surface area contributed by atoms with Crippen molar-refractivity contribution in [1.29, 1.82) is 0 Å². The van der Waals surface area contributed by atoms with Crippen molar-refractivity contribution in [2.45, 2.75) is 71.1 Å². The molecule has 0 spiro atoms. The molecule has 3 nitrogen and oxygen atoms in total. The lowest BCUT2D eigenvalue weighted by Crippen LogP contribution is -2.15. The smallest absolute Gasteiger partial charge is 0.271 e. The SMILES string of the molecule is CCCC1CCC(c2ccc(CC(=O)c3ccc(OCC)c(C(F)F)c3O)c(F)c2F)CC1. The summed E-state index contributed by atoms with van der Waals surface area (Å²) in [6.07, 6.45) is 2.22. The number of carbonyl (C=O) groups excluding carboxylic acids is 1. The van der Waals surface area contributed by atoms with Gasteiger partial charge in [-0.25, -0.2) is 17.6 Å². The van der Waals surface area contributed by atoms with Crippen LogP contribution >= 0.6 is 0 Å². The minimum Gasteiger partial charge on any atom is -0.507 e. The van der Waals surface area contributed by atoms with E-state index in [0.29, 0.717) is 11.5 Å². The molecule has 0 unspecified atom stereocenters. The minimum atomic E-state index is -3.07. The summed E-state index contributed by atoms with van der Waals surface area (Å²) in [5.41, 5.74) is -1.02. The number of aromatic hydroxyl groups is 1. The summed E-state index contributed by atoms with van der Waals surface area (Å²) in [5, 5.41) is 10.3. The highest BCUT2D eigenvalue weighted by Gasteiger charge is 2.28. The quantitative estimate of drug-likeness (QED) is 0.307. The van der Waals surface area contributed by atoms with Gasteiger partial charge in [0.15, 0.2) is 17.4 Å². The molecule has 0 atom stereocenters. The van der Waals surface area contributed by atoms with Gasteiger partial charge in [-0.2, -0.15) is 0 Å². The Hall–Kier alpha value is -2.57. The van der Waals surface area contributed by atoms with E-state index < -0.39 is 41.6 Å². The van der Waals surface area contributed by atoms with Gasteiger partial charge in [-0.3, -0.25) is 4.79 Å². The second-order valence-corrected chi connectivity index (χ2v) is 8.66. The molecule has 0 aliphatic heterocycles. The zero-order valence-corrected chi connectivity index (χ0v) is 19.0. The summed E-state index contributed by atoms with van der Waals surface area (Å²) >= 11 is 0. The lowest BCUT2D eigenvalue weighted by Gasteiger charge is -2.29. The number of Topliss-reactive ketones (excluding diaryl/α,β-unsaturated/α-hetero) is 1. The first-order chi connectivity index (χ1) is 15.8. The van der Waals surface area contributed by atoms with Crippen LogP contribution in [0.3, 0.4) is 0 Å². The van der Waals surface area contributed by atoms with Crippen LogP contribution in [0.1, 0.15) is 91.8 Å². The number of rotatable bonds is 9. The number of carbonyl (C=O) groups is 1. The molecule has 0 radical (unpaired) electrons. The Kier molecular flexibility index (Phi) is 8.38. The highest BCUT2D eigenvalue weighted by atomic mass is 19.3. The number of alkyl halides is 2. The van der Waals surface area contributed by atoms with E-state index in [1.165, 1.54) is 18.2 Å². The van der Waals surface area contributed by atoms with Crippen molar-refractivity contribution in [3.05, 3.63) is 58.2 Å². The van der Waals surface area contributed by atoms with Gasteiger partial charge in [0, 0.05) is 6.42 Å². The van der Waals surface area contributed by atoms with Crippen LogP contribution in [0.2, 0.25) is 0 Å². The van der Waals surface area contributed by atoms with Crippen LogP contribution in [0.25, 0.3) is 0 Å². The maximum atomic E-state index is 14.9. The molecule has 0 heterocycles. The molecule has 7 heteroatoms. The number of phenolic OH excluding ortho intramolecular Hbond substituents is 1. The molecule has 33 heavy (non-hydrogen) atoms. The van der Waals surface area contributed by atoms with Gasteiger partial charge < -0.3 is 9.84 Å². The van der Waals surface area contributed by atoms with Crippen molar-refractivity contribution in [3.63, 3.8) is 0 Å². The summed E-state index contributed by atoms with van der Waals surface area (Å²) in [4.78, 5) is 12.7. The standard InChI is InChI=1S/C26H30F4O3/c1-3-5-15-6-8-16(9-7-15)18-11-10-17(23(27)24(18)28)14-20(31)19-12-13-21(33-4-2)22(25(19)32)26(29)30/h10-13,15-16,26,32H,3-9,14H2,1-2H3. The van der Waals surface area contributed by atoms with Crippen LogP contribution in [0.5, 0.6) is 11.5 Å². The number of ether oxygens (including phenoxy) is 1. The van der Waals surface area contributed by atoms with Gasteiger partial charge in [-0.15, -0.1) is 0 Å². The van der Waals surface area contributed by atoms with E-state index in [1.54, 1.807) is 6.92 Å². The lowest BCUT2D eigenvalue weighted by molar-refractivity contribution is 0.0987. The number of benzene rings is 2. The van der Waals surface area contributed by atoms with Crippen LogP contribution in [-0.4, -0.2) is 17.5 Å². The third-order valence-electron chi connectivity index (χ3n) is 6.52. The maximum absolute atomic E-state index is 14.9. The third kappa shape index (κ3) is 5.50. The zero-order valence-electron chi connectivity index (χ0n) is 19.0. The number of halogens is 4. The van der Waals surface area contributed by atoms with E-state index in [9.17, 15) is 27.5 Å². The maximum Gasteiger partial charge on any atom is 0.271 e. The molecule has 3 rings (SSSR count). The summed E-state index contributed by atoms with van der Waals surface area (Å²) in [6.45, 7) is 3.84. The Morgan fingerprint density at radius 1 is 1.06 bits per heavy atom. The first-order valence-electron chi connectivity index (χ1n) is 11.5. The van der Waals surface area contributed by atoms with Crippen molar-refractivity contribution in [1.82, 2.24) is 0 Å². The van der Waals surface area contributed by atoms with E-state index in [1.807, 2.05) is 0 Å². The fourth-order valence-electron chi connectivity index (χ4n) is 4.80. The number of phenols is 1. The lowest BCUT2D eigenvalue weighted by atomic mass is 9.77. The molecule has 0 amide bonds. The largest absolute Gasteiger partial charge is 0.507 e. The fraction of sp³-hybridized carbons (Fsp3) is 0.500. The average Bonchev–Trinajstić information content (AvgIpc) is 2.78. The number of ketones is 1. The Morgan fingerprint density at radius 2 is 1.76 bits per heavy atom. The van der Waals surface area contributed by atoms with Crippen molar-refractivity contribution < 1.29 is 32.2 Å². The molecule has 1 aliphatic carbocycles. The Morgan fingerprint density at radius 3 is 2.36 bits per heavy atom. The molecule has 2 aromatic carbocycles. The second kappa shape index (κ2) is 11.0. The zero-order chi connectivity index (χ0) is 24.1. The molecule has 1 fully saturated rings. The molecular weight excluding hydrogens is 436 g/mol. The Labute approximate surface area is 191 Å². The van der Waals surface area contributed by atoms with E-state index in [4.69, 9.17) is 4.74 Å². The molecule has 1 aliphatic rings. The van der Waals surface area contributed by atoms with Crippen LogP contribution in [-0.2, 0) is 6.42 Å². The Bertz CT molecular complexity index is 982. The number of hydrogen-bond donors (Lipinski definition) is 1. The predicted octanol–water partition coefficient (Wildman–Crippen LogP) is 7.51. The average molecular weight is 467 g/mol. The molecule has 0 saturated heterocycles. The molecule has 1 saturated carbocycles. The predicted molar refractivity (Wildman–Crippen MR) is 118 cm³/mol. The second-order valence-electron chi connectivity index (χ2n) is 8.66. The van der Waals surface area contributed by atoms with Crippen molar-refractivity contribution >= 4 is 5.78 Å². The molecule has 2 aromatic rings. The van der Waals surface area contributed by atoms with Gasteiger partial charge in [0.1, 0.15) is 17.1 Å². The Balaban J connectivity index is 1.80. The van der Waals surface area contributed by atoms with Crippen LogP contribution in [0.15, 0.2) is 24.3 Å². The molecule has 1 N–H and O–H groups in total. The van der Waals surface area contributed by atoms with Crippen LogP contribution < -0.4 is 4.74 Å². The summed E-state index contributed by atoms with van der Waals surface area (Å²) < 4.78 is 61.7. The van der Waals surface area contributed by atoms with Crippen molar-refractivity contribution in [2.75, 3.05) is 6.61 Å². The molecular formula is C26H30F4O3. The van der Waals surface area contributed by atoms with E-state index in [2.05, 4.69) is 6.92 Å². The van der Waals surface area contributed by atoms with E-state index >= 15 is 0 Å². The van der Waals surface area contributed by atoms with E-state index in [0.717, 1.165) is 44.6 Å². The van der Waals surface area contributed by atoms with Gasteiger partial charge in [-0.1, -0.05) is 31.9 Å². The molecule has 180 valence electrons. The molecule has 0 aromatic heterocycles. The first kappa shape index (κ1) is 25.1. The summed E-state index contributed by atoms with van der Waals surface area (Å²) in [5.74, 6) is -3.39. The van der Waals surface area contributed by atoms with E-state index in [-0.39, 0.29) is 29.4 Å². The number of hydrogen-bond acceptors (Lipinski definition) is 3. The highest BCUT2D eigenvalue weighted by molar-refractivity contribution is 6.00. The minimum absolute atomic E-state index is 0.0545. The van der Waals surface area contributed by atoms with Crippen LogP contribution in [0.4, 0.5) is 17.6 Å². The summed E-state index contributed by atoms with van der Waals surface area (Å²) in [6, 6.07) is 5.23.